The Morgan fingerprint density at radius 1 is 1.24 bits per heavy atom. The van der Waals surface area contributed by atoms with Crippen molar-refractivity contribution in [3.8, 4) is 0 Å². The third-order valence-corrected chi connectivity index (χ3v) is 7.84. The van der Waals surface area contributed by atoms with Crippen LogP contribution in [0.4, 0.5) is 0 Å². The number of Topliss-reactive ketones (excluding diaryl/α,β-unsaturated/α-hetero) is 1. The van der Waals surface area contributed by atoms with Crippen LogP contribution in [0.1, 0.15) is 53.4 Å². The highest BCUT2D eigenvalue weighted by atomic mass is 16.3. The molecule has 2 saturated carbocycles. The summed E-state index contributed by atoms with van der Waals surface area (Å²) in [5, 5.41) is 41.7. The maximum absolute atomic E-state index is 12.5. The summed E-state index contributed by atoms with van der Waals surface area (Å²) in [6.45, 7) is 7.43. The van der Waals surface area contributed by atoms with Gasteiger partial charge in [-0.05, 0) is 36.2 Å². The molecule has 0 aromatic rings. The fourth-order valence-corrected chi connectivity index (χ4v) is 6.13. The molecule has 0 aromatic heterocycles. The number of carbonyl (C=O) groups is 1. The predicted octanol–water partition coefficient (Wildman–Crippen LogP) is 1.43. The molecule has 0 bridgehead atoms. The zero-order valence-corrected chi connectivity index (χ0v) is 15.7. The number of hydrogen-bond acceptors (Lipinski definition) is 5. The second-order valence-electron chi connectivity index (χ2n) is 9.50. The summed E-state index contributed by atoms with van der Waals surface area (Å²) in [5.74, 6) is 0.190. The minimum Gasteiger partial charge on any atom is -0.394 e. The van der Waals surface area contributed by atoms with Gasteiger partial charge < -0.3 is 20.4 Å². The molecule has 3 aliphatic carbocycles. The third kappa shape index (κ3) is 2.47. The first-order chi connectivity index (χ1) is 11.5. The Morgan fingerprint density at radius 3 is 2.48 bits per heavy atom. The molecular weight excluding hydrogens is 320 g/mol. The molecule has 7 atom stereocenters. The van der Waals surface area contributed by atoms with Gasteiger partial charge in [-0.1, -0.05) is 33.8 Å². The zero-order valence-electron chi connectivity index (χ0n) is 15.7. The number of allylic oxidation sites excluding steroid dienone is 1. The number of rotatable bonds is 2. The number of ketones is 1. The van der Waals surface area contributed by atoms with Gasteiger partial charge in [0, 0.05) is 23.2 Å². The number of aliphatic hydroxyl groups is 4. The molecule has 5 nitrogen and oxygen atoms in total. The van der Waals surface area contributed by atoms with Crippen molar-refractivity contribution in [2.45, 2.75) is 71.7 Å². The minimum absolute atomic E-state index is 0.129. The number of carbonyl (C=O) groups excluding carboxylic acids is 1. The molecule has 2 fully saturated rings. The van der Waals surface area contributed by atoms with Gasteiger partial charge in [-0.3, -0.25) is 4.79 Å². The number of fused-ring (bicyclic) bond motifs is 3. The Kier molecular flexibility index (Phi) is 4.47. The van der Waals surface area contributed by atoms with Gasteiger partial charge >= 0.3 is 0 Å². The Hall–Kier alpha value is -0.750. The smallest absolute Gasteiger partial charge is 0.138 e. The van der Waals surface area contributed by atoms with Gasteiger partial charge in [-0.2, -0.15) is 0 Å². The standard InChI is InChI=1S/C20H32O5/c1-18(2)13-6-5-11-16(19(13,3)8-7-14(18)23)12(22)9-20(4,17(11)25)15(24)10-21/h5,12-13,15-17,21-22,24-25H,6-10H2,1-4H3. The van der Waals surface area contributed by atoms with Gasteiger partial charge in [-0.15, -0.1) is 0 Å². The summed E-state index contributed by atoms with van der Waals surface area (Å²) in [6, 6.07) is 0. The SMILES string of the molecule is CC1(C)C(=O)CCC2(C)C3C(=CCC12)C(O)C(C)(C(O)CO)CC3O. The van der Waals surface area contributed by atoms with E-state index in [1.165, 1.54) is 0 Å². The summed E-state index contributed by atoms with van der Waals surface area (Å²) in [6.07, 6.45) is 1.42. The topological polar surface area (TPSA) is 98.0 Å². The molecule has 3 aliphatic rings. The molecule has 7 unspecified atom stereocenters. The van der Waals surface area contributed by atoms with Crippen molar-refractivity contribution in [2.24, 2.45) is 28.1 Å². The van der Waals surface area contributed by atoms with E-state index in [-0.39, 0.29) is 29.5 Å². The van der Waals surface area contributed by atoms with E-state index in [0.717, 1.165) is 5.57 Å². The predicted molar refractivity (Wildman–Crippen MR) is 93.6 cm³/mol. The lowest BCUT2D eigenvalue weighted by molar-refractivity contribution is -0.164. The second-order valence-corrected chi connectivity index (χ2v) is 9.50. The molecule has 0 aliphatic heterocycles. The molecular formula is C20H32O5. The van der Waals surface area contributed by atoms with E-state index in [1.807, 2.05) is 19.9 Å². The monoisotopic (exact) mass is 352 g/mol. The molecule has 0 aromatic carbocycles. The van der Waals surface area contributed by atoms with Crippen LogP contribution in [0.2, 0.25) is 0 Å². The van der Waals surface area contributed by atoms with Crippen LogP contribution in [0.3, 0.4) is 0 Å². The molecule has 0 saturated heterocycles. The fourth-order valence-electron chi connectivity index (χ4n) is 6.13. The average molecular weight is 352 g/mol. The first-order valence-corrected chi connectivity index (χ1v) is 9.38. The van der Waals surface area contributed by atoms with Crippen LogP contribution in [0.25, 0.3) is 0 Å². The average Bonchev–Trinajstić information content (AvgIpc) is 2.55. The fraction of sp³-hybridized carbons (Fsp3) is 0.850. The molecule has 3 rings (SSSR count). The lowest BCUT2D eigenvalue weighted by Gasteiger charge is -2.61. The zero-order chi connectivity index (χ0) is 18.8. The van der Waals surface area contributed by atoms with Crippen molar-refractivity contribution in [1.29, 1.82) is 0 Å². The summed E-state index contributed by atoms with van der Waals surface area (Å²) in [5.41, 5.74) is -0.893. The van der Waals surface area contributed by atoms with Crippen molar-refractivity contribution in [3.63, 3.8) is 0 Å². The second kappa shape index (κ2) is 5.88. The van der Waals surface area contributed by atoms with E-state index in [9.17, 15) is 25.2 Å². The van der Waals surface area contributed by atoms with E-state index in [0.29, 0.717) is 19.3 Å². The highest BCUT2D eigenvalue weighted by Gasteiger charge is 2.62. The van der Waals surface area contributed by atoms with Crippen molar-refractivity contribution in [1.82, 2.24) is 0 Å². The molecule has 4 N–H and O–H groups in total. The van der Waals surface area contributed by atoms with Crippen LogP contribution in [-0.2, 0) is 4.79 Å². The molecule has 5 heteroatoms. The van der Waals surface area contributed by atoms with Gasteiger partial charge in [0.05, 0.1) is 24.9 Å². The highest BCUT2D eigenvalue weighted by Crippen LogP contribution is 2.63. The Labute approximate surface area is 149 Å². The summed E-state index contributed by atoms with van der Waals surface area (Å²) >= 11 is 0. The molecule has 25 heavy (non-hydrogen) atoms. The first kappa shape index (κ1) is 19.0. The summed E-state index contributed by atoms with van der Waals surface area (Å²) < 4.78 is 0. The summed E-state index contributed by atoms with van der Waals surface area (Å²) in [7, 11) is 0. The van der Waals surface area contributed by atoms with Gasteiger partial charge in [0.15, 0.2) is 0 Å². The molecule has 142 valence electrons. The first-order valence-electron chi connectivity index (χ1n) is 9.38. The van der Waals surface area contributed by atoms with Crippen molar-refractivity contribution in [2.75, 3.05) is 6.61 Å². The number of hydrogen-bond donors (Lipinski definition) is 4. The quantitative estimate of drug-likeness (QED) is 0.564. The maximum Gasteiger partial charge on any atom is 0.138 e. The lowest BCUT2D eigenvalue weighted by Crippen LogP contribution is -2.62. The lowest BCUT2D eigenvalue weighted by atomic mass is 9.44. The largest absolute Gasteiger partial charge is 0.394 e. The van der Waals surface area contributed by atoms with Crippen LogP contribution in [-0.4, -0.2) is 51.1 Å². The van der Waals surface area contributed by atoms with Crippen LogP contribution in [0.15, 0.2) is 11.6 Å². The van der Waals surface area contributed by atoms with E-state index in [4.69, 9.17) is 0 Å². The van der Waals surface area contributed by atoms with Gasteiger partial charge in [0.1, 0.15) is 5.78 Å². The van der Waals surface area contributed by atoms with E-state index < -0.39 is 35.7 Å². The van der Waals surface area contributed by atoms with Crippen LogP contribution in [0, 0.1) is 28.1 Å². The van der Waals surface area contributed by atoms with Gasteiger partial charge in [0.2, 0.25) is 0 Å². The van der Waals surface area contributed by atoms with Gasteiger partial charge in [0.25, 0.3) is 0 Å². The van der Waals surface area contributed by atoms with Crippen LogP contribution >= 0.6 is 0 Å². The summed E-state index contributed by atoms with van der Waals surface area (Å²) in [4.78, 5) is 12.5. The normalized spacial score (nSPS) is 47.5. The van der Waals surface area contributed by atoms with Crippen molar-refractivity contribution < 1.29 is 25.2 Å². The Morgan fingerprint density at radius 2 is 1.88 bits per heavy atom. The molecule has 0 spiro atoms. The third-order valence-electron chi connectivity index (χ3n) is 7.84. The van der Waals surface area contributed by atoms with E-state index in [2.05, 4.69) is 6.92 Å². The van der Waals surface area contributed by atoms with Crippen molar-refractivity contribution in [3.05, 3.63) is 11.6 Å². The van der Waals surface area contributed by atoms with Crippen LogP contribution < -0.4 is 0 Å². The Balaban J connectivity index is 2.05. The Bertz CT molecular complexity index is 597. The van der Waals surface area contributed by atoms with Crippen molar-refractivity contribution >= 4 is 5.78 Å². The molecule has 0 radical (unpaired) electrons. The molecule has 0 heterocycles. The van der Waals surface area contributed by atoms with Crippen LogP contribution in [0.5, 0.6) is 0 Å². The maximum atomic E-state index is 12.5. The highest BCUT2D eigenvalue weighted by molar-refractivity contribution is 5.85. The number of aliphatic hydroxyl groups excluding tert-OH is 4. The van der Waals surface area contributed by atoms with E-state index >= 15 is 0 Å². The van der Waals surface area contributed by atoms with Gasteiger partial charge in [-0.25, -0.2) is 0 Å². The minimum atomic E-state index is -1.09. The molecule has 0 amide bonds. The van der Waals surface area contributed by atoms with E-state index in [1.54, 1.807) is 6.92 Å².